The molecule has 4 N–H and O–H groups in total. The van der Waals surface area contributed by atoms with Crippen molar-refractivity contribution < 1.29 is 38.2 Å². The molecule has 0 bridgehead atoms. The third-order valence-corrected chi connectivity index (χ3v) is 5.72. The number of rotatable bonds is 12. The largest absolute Gasteiger partial charge is 0.465 e. The number of carboxylic acid groups (broad SMARTS) is 1. The van der Waals surface area contributed by atoms with Crippen LogP contribution in [0, 0.1) is 5.82 Å². The molecule has 0 fully saturated rings. The van der Waals surface area contributed by atoms with Crippen LogP contribution in [0.2, 0.25) is 0 Å². The maximum absolute atomic E-state index is 14.4. The number of carbonyl (C=O) groups excluding carboxylic acids is 4. The fourth-order valence-electron chi connectivity index (χ4n) is 3.76. The van der Waals surface area contributed by atoms with Crippen LogP contribution in [-0.4, -0.2) is 59.5 Å². The van der Waals surface area contributed by atoms with E-state index in [0.29, 0.717) is 11.1 Å². The zero-order valence-corrected chi connectivity index (χ0v) is 22.2. The minimum atomic E-state index is -1.28. The van der Waals surface area contributed by atoms with Gasteiger partial charge in [-0.2, -0.15) is 0 Å². The highest BCUT2D eigenvalue weighted by molar-refractivity contribution is 6.11. The summed E-state index contributed by atoms with van der Waals surface area (Å²) in [5, 5.41) is 17.2. The van der Waals surface area contributed by atoms with Gasteiger partial charge in [-0.1, -0.05) is 48.5 Å². The van der Waals surface area contributed by atoms with Gasteiger partial charge in [-0.15, -0.1) is 0 Å². The third-order valence-electron chi connectivity index (χ3n) is 5.72. The number of hydrogen-bond acceptors (Lipinski definition) is 6. The third kappa shape index (κ3) is 9.46. The average molecular weight is 565 g/mol. The Hall–Kier alpha value is -5.26. The summed E-state index contributed by atoms with van der Waals surface area (Å²) in [5.41, 5.74) is 1.05. The van der Waals surface area contributed by atoms with Gasteiger partial charge in [-0.3, -0.25) is 19.3 Å². The molecule has 12 heteroatoms. The lowest BCUT2D eigenvalue weighted by Crippen LogP contribution is -2.39. The summed E-state index contributed by atoms with van der Waals surface area (Å²) < 4.78 is 19.2. The summed E-state index contributed by atoms with van der Waals surface area (Å²) in [4.78, 5) is 61.7. The zero-order valence-electron chi connectivity index (χ0n) is 22.2. The van der Waals surface area contributed by atoms with E-state index < -0.39 is 42.1 Å². The van der Waals surface area contributed by atoms with Gasteiger partial charge in [0.05, 0.1) is 12.1 Å². The van der Waals surface area contributed by atoms with Crippen LogP contribution in [0.1, 0.15) is 34.0 Å². The molecule has 214 valence electrons. The van der Waals surface area contributed by atoms with E-state index in [0.717, 1.165) is 11.0 Å². The van der Waals surface area contributed by atoms with Gasteiger partial charge in [0.2, 0.25) is 5.91 Å². The van der Waals surface area contributed by atoms with Crippen LogP contribution in [0.3, 0.4) is 0 Å². The molecule has 3 aromatic rings. The van der Waals surface area contributed by atoms with E-state index in [1.807, 2.05) is 0 Å². The Kier molecular flexibility index (Phi) is 10.9. The van der Waals surface area contributed by atoms with Crippen LogP contribution in [0.4, 0.5) is 19.7 Å². The van der Waals surface area contributed by atoms with E-state index in [9.17, 15) is 33.5 Å². The first-order valence-corrected chi connectivity index (χ1v) is 12.5. The number of nitrogens with zero attached hydrogens (tertiary/aromatic N) is 1. The van der Waals surface area contributed by atoms with Crippen molar-refractivity contribution in [3.05, 3.63) is 101 Å². The molecule has 3 aromatic carbocycles. The first kappa shape index (κ1) is 30.3. The molecule has 0 aromatic heterocycles. The van der Waals surface area contributed by atoms with Gasteiger partial charge in [0.15, 0.2) is 5.78 Å². The van der Waals surface area contributed by atoms with Crippen molar-refractivity contribution in [2.24, 2.45) is 0 Å². The van der Waals surface area contributed by atoms with E-state index in [2.05, 4.69) is 16.0 Å². The molecular weight excluding hydrogens is 535 g/mol. The number of nitrogens with one attached hydrogen (secondary N) is 3. The number of esters is 1. The Morgan fingerprint density at radius 3 is 2.29 bits per heavy atom. The molecule has 0 aliphatic carbocycles. The van der Waals surface area contributed by atoms with Crippen LogP contribution in [0.25, 0.3) is 0 Å². The smallest absolute Gasteiger partial charge is 0.408 e. The SMILES string of the molecule is CC(=O)OCCNC(=O)Nc1ccc(CNC(=O)CN(Cc2ccccc2)C(=O)O)c(C(=O)c2ccccc2F)c1. The quantitative estimate of drug-likeness (QED) is 0.149. The second kappa shape index (κ2) is 14.8. The number of halogens is 1. The van der Waals surface area contributed by atoms with E-state index in [-0.39, 0.29) is 43.1 Å². The highest BCUT2D eigenvalue weighted by atomic mass is 19.1. The first-order chi connectivity index (χ1) is 19.6. The van der Waals surface area contributed by atoms with E-state index in [1.165, 1.54) is 43.3 Å². The van der Waals surface area contributed by atoms with Gasteiger partial charge < -0.3 is 25.8 Å². The topological polar surface area (TPSA) is 154 Å². The number of anilines is 1. The van der Waals surface area contributed by atoms with E-state index >= 15 is 0 Å². The van der Waals surface area contributed by atoms with Gasteiger partial charge in [0, 0.05) is 31.3 Å². The lowest BCUT2D eigenvalue weighted by atomic mass is 9.97. The summed E-state index contributed by atoms with van der Waals surface area (Å²) in [6.07, 6.45) is -1.28. The molecule has 41 heavy (non-hydrogen) atoms. The highest BCUT2D eigenvalue weighted by Gasteiger charge is 2.20. The van der Waals surface area contributed by atoms with Crippen molar-refractivity contribution in [2.45, 2.75) is 20.0 Å². The molecule has 0 saturated heterocycles. The predicted molar refractivity (Wildman–Crippen MR) is 147 cm³/mol. The highest BCUT2D eigenvalue weighted by Crippen LogP contribution is 2.21. The molecule has 0 heterocycles. The molecule has 4 amide bonds. The normalized spacial score (nSPS) is 10.3. The molecule has 0 unspecified atom stereocenters. The minimum Gasteiger partial charge on any atom is -0.465 e. The monoisotopic (exact) mass is 564 g/mol. The van der Waals surface area contributed by atoms with Crippen LogP contribution >= 0.6 is 0 Å². The van der Waals surface area contributed by atoms with Gasteiger partial charge in [0.25, 0.3) is 0 Å². The maximum Gasteiger partial charge on any atom is 0.408 e. The molecule has 11 nitrogen and oxygen atoms in total. The Morgan fingerprint density at radius 1 is 0.902 bits per heavy atom. The summed E-state index contributed by atoms with van der Waals surface area (Å²) in [5.74, 6) is -2.52. The predicted octanol–water partition coefficient (Wildman–Crippen LogP) is 3.54. The number of urea groups is 1. The molecule has 0 aliphatic rings. The zero-order chi connectivity index (χ0) is 29.8. The van der Waals surface area contributed by atoms with E-state index in [1.54, 1.807) is 30.3 Å². The van der Waals surface area contributed by atoms with Gasteiger partial charge in [-0.05, 0) is 35.4 Å². The van der Waals surface area contributed by atoms with Crippen LogP contribution in [-0.2, 0) is 27.4 Å². The molecule has 3 rings (SSSR count). The summed E-state index contributed by atoms with van der Waals surface area (Å²) in [7, 11) is 0. The van der Waals surface area contributed by atoms with Crippen LogP contribution < -0.4 is 16.0 Å². The molecule has 0 spiro atoms. The Bertz CT molecular complexity index is 1420. The standard InChI is InChI=1S/C29H29FN4O7/c1-19(35)41-14-13-31-28(38)33-22-12-11-21(24(15-22)27(37)23-9-5-6-10-25(23)30)16-32-26(36)18-34(29(39)40)17-20-7-3-2-4-8-20/h2-12,15H,13-14,16-18H2,1H3,(H,32,36)(H,39,40)(H2,31,33,38). The van der Waals surface area contributed by atoms with E-state index in [4.69, 9.17) is 4.74 Å². The van der Waals surface area contributed by atoms with Gasteiger partial charge in [-0.25, -0.2) is 14.0 Å². The number of carbonyl (C=O) groups is 5. The molecule has 0 atom stereocenters. The Labute approximate surface area is 235 Å². The van der Waals surface area contributed by atoms with Crippen molar-refractivity contribution in [3.8, 4) is 0 Å². The van der Waals surface area contributed by atoms with Crippen LogP contribution in [0.15, 0.2) is 72.8 Å². The fraction of sp³-hybridized carbons (Fsp3) is 0.207. The Morgan fingerprint density at radius 2 is 1.61 bits per heavy atom. The number of benzene rings is 3. The summed E-state index contributed by atoms with van der Waals surface area (Å²) in [6, 6.07) is 17.9. The van der Waals surface area contributed by atoms with Crippen molar-refractivity contribution in [1.29, 1.82) is 0 Å². The van der Waals surface area contributed by atoms with Crippen molar-refractivity contribution in [3.63, 3.8) is 0 Å². The number of hydrogen-bond donors (Lipinski definition) is 4. The maximum atomic E-state index is 14.4. The minimum absolute atomic E-state index is 0.00389. The molecule has 0 saturated carbocycles. The second-order valence-corrected chi connectivity index (χ2v) is 8.80. The Balaban J connectivity index is 1.74. The molecule has 0 aliphatic heterocycles. The molecular formula is C29H29FN4O7. The number of ketones is 1. The second-order valence-electron chi connectivity index (χ2n) is 8.80. The van der Waals surface area contributed by atoms with Gasteiger partial charge >= 0.3 is 18.1 Å². The van der Waals surface area contributed by atoms with Crippen molar-refractivity contribution in [1.82, 2.24) is 15.5 Å². The number of ether oxygens (including phenoxy) is 1. The summed E-state index contributed by atoms with van der Waals surface area (Å²) >= 11 is 0. The van der Waals surface area contributed by atoms with Crippen molar-refractivity contribution >= 4 is 35.5 Å². The lowest BCUT2D eigenvalue weighted by Gasteiger charge is -2.19. The first-order valence-electron chi connectivity index (χ1n) is 12.5. The van der Waals surface area contributed by atoms with Gasteiger partial charge in [0.1, 0.15) is 19.0 Å². The average Bonchev–Trinajstić information content (AvgIpc) is 2.94. The van der Waals surface area contributed by atoms with Crippen molar-refractivity contribution in [2.75, 3.05) is 25.0 Å². The number of amides is 4. The fourth-order valence-corrected chi connectivity index (χ4v) is 3.76. The lowest BCUT2D eigenvalue weighted by molar-refractivity contribution is -0.140. The summed E-state index contributed by atoms with van der Waals surface area (Å²) in [6.45, 7) is 0.655. The van der Waals surface area contributed by atoms with Crippen LogP contribution in [0.5, 0.6) is 0 Å². The molecule has 0 radical (unpaired) electrons.